The second-order valence-electron chi connectivity index (χ2n) is 5.41. The molecule has 1 saturated heterocycles. The summed E-state index contributed by atoms with van der Waals surface area (Å²) in [6.07, 6.45) is -1.59. The number of rotatable bonds is 4. The first kappa shape index (κ1) is 18.2. The molecule has 9 heteroatoms. The third-order valence-corrected chi connectivity index (χ3v) is 4.54. The first-order valence-corrected chi connectivity index (χ1v) is 9.05. The Morgan fingerprint density at radius 2 is 1.88 bits per heavy atom. The van der Waals surface area contributed by atoms with Crippen molar-refractivity contribution in [1.82, 2.24) is 15.1 Å². The molecular formula is C17H18N4O4S. The first-order valence-electron chi connectivity index (χ1n) is 8.06. The SMILES string of the molecule is O=C(Nc1ccc(SCc2ccccc2)nn1)OC(=O)N1CCOCC1. The quantitative estimate of drug-likeness (QED) is 0.649. The fourth-order valence-electron chi connectivity index (χ4n) is 2.22. The number of carbonyl (C=O) groups is 2. The van der Waals surface area contributed by atoms with E-state index >= 15 is 0 Å². The van der Waals surface area contributed by atoms with Crippen LogP contribution in [-0.2, 0) is 15.2 Å². The van der Waals surface area contributed by atoms with Gasteiger partial charge in [-0.05, 0) is 17.7 Å². The zero-order valence-corrected chi connectivity index (χ0v) is 14.8. The highest BCUT2D eigenvalue weighted by atomic mass is 32.2. The number of benzene rings is 1. The van der Waals surface area contributed by atoms with E-state index < -0.39 is 12.2 Å². The number of anilines is 1. The first-order chi connectivity index (χ1) is 12.7. The average Bonchev–Trinajstić information content (AvgIpc) is 2.69. The van der Waals surface area contributed by atoms with E-state index in [9.17, 15) is 9.59 Å². The average molecular weight is 374 g/mol. The van der Waals surface area contributed by atoms with Crippen molar-refractivity contribution in [3.05, 3.63) is 48.0 Å². The van der Waals surface area contributed by atoms with Gasteiger partial charge >= 0.3 is 12.2 Å². The number of carbonyl (C=O) groups excluding carboxylic acids is 2. The van der Waals surface area contributed by atoms with Gasteiger partial charge in [-0.15, -0.1) is 10.2 Å². The van der Waals surface area contributed by atoms with E-state index in [4.69, 9.17) is 9.47 Å². The van der Waals surface area contributed by atoms with Gasteiger partial charge in [0.1, 0.15) is 5.03 Å². The molecule has 0 bridgehead atoms. The zero-order chi connectivity index (χ0) is 18.2. The Balaban J connectivity index is 1.45. The van der Waals surface area contributed by atoms with E-state index in [0.717, 1.165) is 10.8 Å². The molecule has 2 aromatic rings. The molecule has 8 nitrogen and oxygen atoms in total. The minimum Gasteiger partial charge on any atom is -0.378 e. The lowest BCUT2D eigenvalue weighted by atomic mass is 10.2. The fourth-order valence-corrected chi connectivity index (χ4v) is 2.98. The molecule has 2 amide bonds. The molecule has 0 aliphatic carbocycles. The van der Waals surface area contributed by atoms with Gasteiger partial charge in [-0.2, -0.15) is 0 Å². The molecule has 1 aromatic heterocycles. The highest BCUT2D eigenvalue weighted by Crippen LogP contribution is 2.20. The van der Waals surface area contributed by atoms with Crippen molar-refractivity contribution in [3.8, 4) is 0 Å². The van der Waals surface area contributed by atoms with E-state index in [1.165, 1.54) is 10.5 Å². The summed E-state index contributed by atoms with van der Waals surface area (Å²) in [5, 5.41) is 11.1. The highest BCUT2D eigenvalue weighted by Gasteiger charge is 2.21. The van der Waals surface area contributed by atoms with E-state index in [1.54, 1.807) is 23.9 Å². The Bertz CT molecular complexity index is 736. The van der Waals surface area contributed by atoms with E-state index in [1.807, 2.05) is 30.3 Å². The summed E-state index contributed by atoms with van der Waals surface area (Å²) < 4.78 is 9.88. The van der Waals surface area contributed by atoms with Crippen LogP contribution in [0.1, 0.15) is 5.56 Å². The van der Waals surface area contributed by atoms with Crippen LogP contribution in [0.15, 0.2) is 47.5 Å². The molecule has 1 aromatic carbocycles. The Hall–Kier alpha value is -2.65. The van der Waals surface area contributed by atoms with Crippen molar-refractivity contribution < 1.29 is 19.1 Å². The molecule has 1 N–H and O–H groups in total. The van der Waals surface area contributed by atoms with Gasteiger partial charge in [0.15, 0.2) is 5.82 Å². The van der Waals surface area contributed by atoms with Crippen molar-refractivity contribution in [3.63, 3.8) is 0 Å². The van der Waals surface area contributed by atoms with Crippen molar-refractivity contribution in [2.45, 2.75) is 10.8 Å². The molecule has 0 atom stereocenters. The van der Waals surface area contributed by atoms with Gasteiger partial charge in [0, 0.05) is 18.8 Å². The van der Waals surface area contributed by atoms with Gasteiger partial charge in [-0.1, -0.05) is 42.1 Å². The number of hydrogen-bond acceptors (Lipinski definition) is 7. The Kier molecular flexibility index (Phi) is 6.39. The Morgan fingerprint density at radius 3 is 2.58 bits per heavy atom. The van der Waals surface area contributed by atoms with Crippen LogP contribution in [0.2, 0.25) is 0 Å². The maximum absolute atomic E-state index is 11.8. The van der Waals surface area contributed by atoms with Gasteiger partial charge in [0.2, 0.25) is 0 Å². The topological polar surface area (TPSA) is 93.7 Å². The Labute approximate surface area is 154 Å². The molecule has 0 radical (unpaired) electrons. The zero-order valence-electron chi connectivity index (χ0n) is 14.0. The minimum atomic E-state index is -0.888. The molecule has 1 fully saturated rings. The number of aromatic nitrogens is 2. The lowest BCUT2D eigenvalue weighted by Crippen LogP contribution is -2.42. The monoisotopic (exact) mass is 374 g/mol. The van der Waals surface area contributed by atoms with Gasteiger partial charge < -0.3 is 14.4 Å². The predicted octanol–water partition coefficient (Wildman–Crippen LogP) is 2.77. The summed E-state index contributed by atoms with van der Waals surface area (Å²) in [6.45, 7) is 1.67. The Morgan fingerprint density at radius 1 is 1.12 bits per heavy atom. The molecule has 136 valence electrons. The summed E-state index contributed by atoms with van der Waals surface area (Å²) in [4.78, 5) is 25.0. The van der Waals surface area contributed by atoms with E-state index in [-0.39, 0.29) is 5.82 Å². The molecule has 0 saturated carbocycles. The van der Waals surface area contributed by atoms with Crippen LogP contribution in [-0.4, -0.2) is 53.6 Å². The van der Waals surface area contributed by atoms with Crippen LogP contribution in [0.5, 0.6) is 0 Å². The second-order valence-corrected chi connectivity index (χ2v) is 6.41. The molecule has 1 aliphatic heterocycles. The number of ether oxygens (including phenoxy) is 2. The lowest BCUT2D eigenvalue weighted by molar-refractivity contribution is 0.0367. The lowest BCUT2D eigenvalue weighted by Gasteiger charge is -2.25. The summed E-state index contributed by atoms with van der Waals surface area (Å²) in [7, 11) is 0. The molecule has 2 heterocycles. The number of amides is 2. The third kappa shape index (κ3) is 5.43. The highest BCUT2D eigenvalue weighted by molar-refractivity contribution is 7.98. The predicted molar refractivity (Wildman–Crippen MR) is 95.9 cm³/mol. The van der Waals surface area contributed by atoms with Crippen LogP contribution < -0.4 is 5.32 Å². The summed E-state index contributed by atoms with van der Waals surface area (Å²) in [6, 6.07) is 13.4. The third-order valence-electron chi connectivity index (χ3n) is 3.55. The number of thioether (sulfide) groups is 1. The number of nitrogens with one attached hydrogen (secondary N) is 1. The number of morpholine rings is 1. The van der Waals surface area contributed by atoms with Gasteiger partial charge in [-0.3, -0.25) is 5.32 Å². The van der Waals surface area contributed by atoms with Crippen molar-refractivity contribution >= 4 is 29.8 Å². The standard InChI is InChI=1S/C17H18N4O4S/c22-16(25-17(23)21-8-10-24-11-9-21)18-14-6-7-15(20-19-14)26-12-13-4-2-1-3-5-13/h1-7H,8-12H2,(H,18,19,22). The number of hydrogen-bond donors (Lipinski definition) is 1. The summed E-state index contributed by atoms with van der Waals surface area (Å²) in [5.74, 6) is 0.993. The van der Waals surface area contributed by atoms with Crippen LogP contribution in [0.3, 0.4) is 0 Å². The van der Waals surface area contributed by atoms with E-state index in [0.29, 0.717) is 26.3 Å². The normalized spacial score (nSPS) is 13.9. The van der Waals surface area contributed by atoms with Crippen LogP contribution in [0.25, 0.3) is 0 Å². The maximum Gasteiger partial charge on any atom is 0.421 e. The largest absolute Gasteiger partial charge is 0.421 e. The fraction of sp³-hybridized carbons (Fsp3) is 0.294. The summed E-state index contributed by atoms with van der Waals surface area (Å²) in [5.41, 5.74) is 1.19. The molecule has 0 unspecified atom stereocenters. The van der Waals surface area contributed by atoms with Crippen molar-refractivity contribution in [1.29, 1.82) is 0 Å². The maximum atomic E-state index is 11.8. The minimum absolute atomic E-state index is 0.217. The second kappa shape index (κ2) is 9.16. The van der Waals surface area contributed by atoms with Crippen LogP contribution in [0, 0.1) is 0 Å². The van der Waals surface area contributed by atoms with Gasteiger partial charge in [-0.25, -0.2) is 9.59 Å². The smallest absolute Gasteiger partial charge is 0.378 e. The van der Waals surface area contributed by atoms with Crippen molar-refractivity contribution in [2.75, 3.05) is 31.6 Å². The molecule has 3 rings (SSSR count). The van der Waals surface area contributed by atoms with Crippen LogP contribution >= 0.6 is 11.8 Å². The number of nitrogens with zero attached hydrogens (tertiary/aromatic N) is 3. The van der Waals surface area contributed by atoms with Gasteiger partial charge in [0.05, 0.1) is 13.2 Å². The molecule has 26 heavy (non-hydrogen) atoms. The van der Waals surface area contributed by atoms with Crippen LogP contribution in [0.4, 0.5) is 15.4 Å². The molecule has 0 spiro atoms. The van der Waals surface area contributed by atoms with E-state index in [2.05, 4.69) is 15.5 Å². The van der Waals surface area contributed by atoms with Crippen molar-refractivity contribution in [2.24, 2.45) is 0 Å². The summed E-state index contributed by atoms with van der Waals surface area (Å²) >= 11 is 1.54. The molecule has 1 aliphatic rings. The van der Waals surface area contributed by atoms with Gasteiger partial charge in [0.25, 0.3) is 0 Å². The molecular weight excluding hydrogens is 356 g/mol.